The van der Waals surface area contributed by atoms with Gasteiger partial charge in [0.25, 0.3) is 5.91 Å². The molecule has 7 nitrogen and oxygen atoms in total. The van der Waals surface area contributed by atoms with E-state index in [1.54, 1.807) is 25.3 Å². The lowest BCUT2D eigenvalue weighted by atomic mass is 10.2. The van der Waals surface area contributed by atoms with Crippen molar-refractivity contribution in [2.45, 2.75) is 6.42 Å². The van der Waals surface area contributed by atoms with E-state index in [0.717, 1.165) is 6.42 Å². The molecule has 0 saturated carbocycles. The smallest absolute Gasteiger partial charge is 0.271 e. The second-order valence-electron chi connectivity index (χ2n) is 4.67. The fourth-order valence-electron chi connectivity index (χ4n) is 1.85. The van der Waals surface area contributed by atoms with Crippen molar-refractivity contribution in [1.82, 2.24) is 15.3 Å². The van der Waals surface area contributed by atoms with Crippen molar-refractivity contribution >= 4 is 17.4 Å². The number of carbonyl (C=O) groups excluding carboxylic acids is 1. The van der Waals surface area contributed by atoms with Gasteiger partial charge in [-0.2, -0.15) is 5.26 Å². The molecule has 2 rings (SSSR count). The third-order valence-corrected chi connectivity index (χ3v) is 3.01. The Morgan fingerprint density at radius 1 is 1.30 bits per heavy atom. The molecular formula is C16H17N5O2. The van der Waals surface area contributed by atoms with Crippen molar-refractivity contribution in [2.75, 3.05) is 25.6 Å². The molecule has 7 heteroatoms. The number of nitriles is 1. The summed E-state index contributed by atoms with van der Waals surface area (Å²) in [6, 6.07) is 9.18. The van der Waals surface area contributed by atoms with Gasteiger partial charge in [0.1, 0.15) is 17.6 Å². The summed E-state index contributed by atoms with van der Waals surface area (Å²) < 4.78 is 4.91. The van der Waals surface area contributed by atoms with Crippen LogP contribution in [0.1, 0.15) is 22.5 Å². The van der Waals surface area contributed by atoms with Crippen molar-refractivity contribution in [3.05, 3.63) is 47.9 Å². The van der Waals surface area contributed by atoms with Gasteiger partial charge in [0.15, 0.2) is 0 Å². The number of anilines is 2. The number of carbonyl (C=O) groups is 1. The molecule has 0 unspecified atom stereocenters. The number of amides is 1. The van der Waals surface area contributed by atoms with E-state index in [2.05, 4.69) is 26.7 Å². The first kappa shape index (κ1) is 16.4. The van der Waals surface area contributed by atoms with Gasteiger partial charge in [-0.15, -0.1) is 0 Å². The summed E-state index contributed by atoms with van der Waals surface area (Å²) in [6.45, 7) is 1.11. The zero-order valence-corrected chi connectivity index (χ0v) is 12.7. The normalized spacial score (nSPS) is 9.91. The van der Waals surface area contributed by atoms with Gasteiger partial charge in [-0.1, -0.05) is 12.1 Å². The fraction of sp³-hybridized carbons (Fsp3) is 0.250. The van der Waals surface area contributed by atoms with Gasteiger partial charge >= 0.3 is 0 Å². The number of methoxy groups -OCH3 is 1. The molecule has 0 atom stereocenters. The number of benzene rings is 1. The number of hydrogen-bond donors (Lipinski definition) is 2. The first-order chi connectivity index (χ1) is 11.2. The van der Waals surface area contributed by atoms with Crippen molar-refractivity contribution in [2.24, 2.45) is 0 Å². The molecule has 0 fully saturated rings. The Kier molecular flexibility index (Phi) is 6.03. The second-order valence-corrected chi connectivity index (χ2v) is 4.67. The van der Waals surface area contributed by atoms with Crippen molar-refractivity contribution in [3.63, 3.8) is 0 Å². The number of ether oxygens (including phenoxy) is 1. The predicted octanol–water partition coefficient (Wildman–Crippen LogP) is 1.86. The zero-order valence-electron chi connectivity index (χ0n) is 12.7. The molecular weight excluding hydrogens is 294 g/mol. The molecule has 0 saturated heterocycles. The summed E-state index contributed by atoms with van der Waals surface area (Å²) in [5.41, 5.74) is 1.39. The Balaban J connectivity index is 1.97. The van der Waals surface area contributed by atoms with Gasteiger partial charge in [-0.25, -0.2) is 9.97 Å². The number of para-hydroxylation sites is 1. The van der Waals surface area contributed by atoms with Crippen molar-refractivity contribution in [3.8, 4) is 6.07 Å². The summed E-state index contributed by atoms with van der Waals surface area (Å²) in [5, 5.41) is 14.8. The first-order valence-electron chi connectivity index (χ1n) is 7.10. The Labute approximate surface area is 134 Å². The molecule has 1 aromatic carbocycles. The van der Waals surface area contributed by atoms with Crippen LogP contribution in [0, 0.1) is 11.3 Å². The molecule has 23 heavy (non-hydrogen) atoms. The Morgan fingerprint density at radius 3 is 2.83 bits per heavy atom. The van der Waals surface area contributed by atoms with Gasteiger partial charge in [0.2, 0.25) is 0 Å². The van der Waals surface area contributed by atoms with E-state index in [-0.39, 0.29) is 11.6 Å². The summed E-state index contributed by atoms with van der Waals surface area (Å²) in [5.74, 6) is 0.182. The Bertz CT molecular complexity index is 694. The Morgan fingerprint density at radius 2 is 2.13 bits per heavy atom. The van der Waals surface area contributed by atoms with Crippen LogP contribution in [0.25, 0.3) is 0 Å². The Hall–Kier alpha value is -2.98. The van der Waals surface area contributed by atoms with E-state index in [0.29, 0.717) is 30.2 Å². The average Bonchev–Trinajstić information content (AvgIpc) is 2.59. The molecule has 0 bridgehead atoms. The van der Waals surface area contributed by atoms with Gasteiger partial charge in [-0.3, -0.25) is 4.79 Å². The SMILES string of the molecule is COCCCNC(=O)c1cnc(Nc2ccccc2C#N)cn1. The van der Waals surface area contributed by atoms with E-state index in [1.165, 1.54) is 12.4 Å². The quantitative estimate of drug-likeness (QED) is 0.757. The van der Waals surface area contributed by atoms with Crippen LogP contribution in [-0.2, 0) is 4.74 Å². The fourth-order valence-corrected chi connectivity index (χ4v) is 1.85. The maximum absolute atomic E-state index is 11.9. The maximum atomic E-state index is 11.9. The minimum absolute atomic E-state index is 0.238. The maximum Gasteiger partial charge on any atom is 0.271 e. The minimum atomic E-state index is -0.280. The van der Waals surface area contributed by atoms with Gasteiger partial charge in [0, 0.05) is 20.3 Å². The molecule has 1 aromatic heterocycles. The number of hydrogen-bond acceptors (Lipinski definition) is 6. The van der Waals surface area contributed by atoms with Gasteiger partial charge in [-0.05, 0) is 18.6 Å². The average molecular weight is 311 g/mol. The molecule has 0 aliphatic rings. The van der Waals surface area contributed by atoms with Crippen LogP contribution < -0.4 is 10.6 Å². The van der Waals surface area contributed by atoms with Crippen LogP contribution in [0.2, 0.25) is 0 Å². The molecule has 0 radical (unpaired) electrons. The van der Waals surface area contributed by atoms with Crippen LogP contribution in [0.5, 0.6) is 0 Å². The molecule has 1 heterocycles. The van der Waals surface area contributed by atoms with Gasteiger partial charge in [0.05, 0.1) is 23.6 Å². The lowest BCUT2D eigenvalue weighted by Crippen LogP contribution is -2.26. The highest BCUT2D eigenvalue weighted by molar-refractivity contribution is 5.92. The molecule has 0 aliphatic heterocycles. The summed E-state index contributed by atoms with van der Waals surface area (Å²) in [4.78, 5) is 20.1. The monoisotopic (exact) mass is 311 g/mol. The lowest BCUT2D eigenvalue weighted by molar-refractivity contribution is 0.0943. The first-order valence-corrected chi connectivity index (χ1v) is 7.10. The van der Waals surface area contributed by atoms with E-state index in [1.807, 2.05) is 6.07 Å². The second kappa shape index (κ2) is 8.46. The van der Waals surface area contributed by atoms with Crippen molar-refractivity contribution in [1.29, 1.82) is 5.26 Å². The topological polar surface area (TPSA) is 99.9 Å². The highest BCUT2D eigenvalue weighted by Crippen LogP contribution is 2.17. The summed E-state index contributed by atoms with van der Waals surface area (Å²) >= 11 is 0. The van der Waals surface area contributed by atoms with Crippen LogP contribution >= 0.6 is 0 Å². The largest absolute Gasteiger partial charge is 0.385 e. The van der Waals surface area contributed by atoms with Crippen LogP contribution in [-0.4, -0.2) is 36.1 Å². The number of nitrogens with one attached hydrogen (secondary N) is 2. The standard InChI is InChI=1S/C16H17N5O2/c1-23-8-4-7-18-16(22)14-10-20-15(11-19-14)21-13-6-3-2-5-12(13)9-17/h2-3,5-6,10-11H,4,7-8H2,1H3,(H,18,22)(H,20,21). The van der Waals surface area contributed by atoms with E-state index >= 15 is 0 Å². The molecule has 0 aliphatic carbocycles. The number of aromatic nitrogens is 2. The van der Waals surface area contributed by atoms with Crippen molar-refractivity contribution < 1.29 is 9.53 Å². The molecule has 0 spiro atoms. The summed E-state index contributed by atoms with van der Waals surface area (Å²) in [7, 11) is 1.61. The predicted molar refractivity (Wildman–Crippen MR) is 85.3 cm³/mol. The van der Waals surface area contributed by atoms with Crippen LogP contribution in [0.4, 0.5) is 11.5 Å². The zero-order chi connectivity index (χ0) is 16.5. The molecule has 118 valence electrons. The molecule has 2 aromatic rings. The molecule has 1 amide bonds. The molecule has 2 N–H and O–H groups in total. The van der Waals surface area contributed by atoms with Gasteiger partial charge < -0.3 is 15.4 Å². The number of nitrogens with zero attached hydrogens (tertiary/aromatic N) is 3. The highest BCUT2D eigenvalue weighted by atomic mass is 16.5. The third kappa shape index (κ3) is 4.76. The number of rotatable bonds is 7. The summed E-state index contributed by atoms with van der Waals surface area (Å²) in [6.07, 6.45) is 3.58. The van der Waals surface area contributed by atoms with E-state index in [9.17, 15) is 4.79 Å². The third-order valence-electron chi connectivity index (χ3n) is 3.01. The van der Waals surface area contributed by atoms with E-state index in [4.69, 9.17) is 10.00 Å². The minimum Gasteiger partial charge on any atom is -0.385 e. The van der Waals surface area contributed by atoms with E-state index < -0.39 is 0 Å². The van der Waals surface area contributed by atoms with Crippen LogP contribution in [0.3, 0.4) is 0 Å². The lowest BCUT2D eigenvalue weighted by Gasteiger charge is -2.08. The van der Waals surface area contributed by atoms with Crippen LogP contribution in [0.15, 0.2) is 36.7 Å². The highest BCUT2D eigenvalue weighted by Gasteiger charge is 2.08.